The normalized spacial score (nSPS) is 20.9. The molecule has 0 saturated heterocycles. The first kappa shape index (κ1) is 16.4. The molecule has 0 aliphatic heterocycles. The van der Waals surface area contributed by atoms with Crippen LogP contribution >= 0.6 is 0 Å². The quantitative estimate of drug-likeness (QED) is 0.374. The average Bonchev–Trinajstić information content (AvgIpc) is 3.19. The minimum atomic E-state index is 0.321. The van der Waals surface area contributed by atoms with Crippen LogP contribution in [0.1, 0.15) is 66.2 Å². The number of hydrogen-bond donors (Lipinski definition) is 0. The van der Waals surface area contributed by atoms with Crippen LogP contribution < -0.4 is 0 Å². The Hall–Kier alpha value is -0.660. The highest BCUT2D eigenvalue weighted by atomic mass is 16.3. The predicted molar refractivity (Wildman–Crippen MR) is 83.1 cm³/mol. The second-order valence-corrected chi connectivity index (χ2v) is 6.35. The highest BCUT2D eigenvalue weighted by molar-refractivity contribution is 5.09. The summed E-state index contributed by atoms with van der Waals surface area (Å²) in [6, 6.07) is 0. The van der Waals surface area contributed by atoms with Gasteiger partial charge in [-0.25, -0.2) is 0 Å². The van der Waals surface area contributed by atoms with E-state index in [1.54, 1.807) is 0 Å². The molecule has 0 aromatic heterocycles. The van der Waals surface area contributed by atoms with E-state index < -0.39 is 0 Å². The Kier molecular flexibility index (Phi) is 7.33. The molecule has 3 unspecified atom stereocenters. The molecule has 0 bridgehead atoms. The Bertz CT molecular complexity index is 294. The number of hydrogen-bond acceptors (Lipinski definition) is 2. The van der Waals surface area contributed by atoms with Gasteiger partial charge in [0.15, 0.2) is 0 Å². The molecule has 1 saturated carbocycles. The van der Waals surface area contributed by atoms with E-state index in [4.69, 9.17) is 0 Å². The first-order valence-corrected chi connectivity index (χ1v) is 8.13. The number of allylic oxidation sites excluding steroid dienone is 1. The lowest BCUT2D eigenvalue weighted by molar-refractivity contribution is 0.339. The van der Waals surface area contributed by atoms with Crippen LogP contribution in [0.5, 0.6) is 0 Å². The monoisotopic (exact) mass is 265 g/mol. The predicted octanol–water partition coefficient (Wildman–Crippen LogP) is 5.58. The summed E-state index contributed by atoms with van der Waals surface area (Å²) in [5, 5.41) is 3.08. The van der Waals surface area contributed by atoms with Crippen molar-refractivity contribution in [1.29, 1.82) is 0 Å². The lowest BCUT2D eigenvalue weighted by Crippen LogP contribution is -2.14. The van der Waals surface area contributed by atoms with Gasteiger partial charge in [-0.2, -0.15) is 4.91 Å². The summed E-state index contributed by atoms with van der Waals surface area (Å²) in [6.45, 7) is 9.44. The average molecular weight is 265 g/mol. The molecule has 19 heavy (non-hydrogen) atoms. The lowest BCUT2D eigenvalue weighted by atomic mass is 9.82. The molecule has 0 aromatic carbocycles. The van der Waals surface area contributed by atoms with E-state index >= 15 is 0 Å². The zero-order valence-corrected chi connectivity index (χ0v) is 13.2. The molecule has 0 aromatic rings. The van der Waals surface area contributed by atoms with Crippen LogP contribution in [0.15, 0.2) is 16.8 Å². The van der Waals surface area contributed by atoms with E-state index in [0.717, 1.165) is 24.7 Å². The summed E-state index contributed by atoms with van der Waals surface area (Å²) in [4.78, 5) is 10.5. The number of rotatable bonds is 10. The molecule has 0 spiro atoms. The molecule has 1 rings (SSSR count). The zero-order valence-electron chi connectivity index (χ0n) is 13.2. The third-order valence-corrected chi connectivity index (χ3v) is 4.52. The topological polar surface area (TPSA) is 29.4 Å². The van der Waals surface area contributed by atoms with Crippen LogP contribution in [0.3, 0.4) is 0 Å². The third kappa shape index (κ3) is 5.46. The fourth-order valence-electron chi connectivity index (χ4n) is 3.26. The molecule has 0 radical (unpaired) electrons. The molecule has 110 valence electrons. The maximum absolute atomic E-state index is 10.5. The number of nitrogens with zero attached hydrogens (tertiary/aromatic N) is 1. The van der Waals surface area contributed by atoms with Gasteiger partial charge in [0.1, 0.15) is 0 Å². The zero-order chi connectivity index (χ0) is 14.3. The largest absolute Gasteiger partial charge is 0.151 e. The second-order valence-electron chi connectivity index (χ2n) is 6.35. The van der Waals surface area contributed by atoms with Crippen LogP contribution in [0, 0.1) is 28.6 Å². The van der Waals surface area contributed by atoms with Crippen LogP contribution in [0.25, 0.3) is 0 Å². The Morgan fingerprint density at radius 1 is 1.26 bits per heavy atom. The van der Waals surface area contributed by atoms with Gasteiger partial charge in [0.2, 0.25) is 0 Å². The smallest absolute Gasteiger partial charge is 0.0873 e. The van der Waals surface area contributed by atoms with Gasteiger partial charge < -0.3 is 0 Å². The van der Waals surface area contributed by atoms with Crippen molar-refractivity contribution in [2.75, 3.05) is 6.54 Å². The summed E-state index contributed by atoms with van der Waals surface area (Å²) in [5.74, 6) is 2.80. The Balaban J connectivity index is 2.70. The molecule has 0 heterocycles. The van der Waals surface area contributed by atoms with E-state index in [1.807, 2.05) is 0 Å². The molecule has 0 N–H and O–H groups in total. The van der Waals surface area contributed by atoms with Crippen molar-refractivity contribution in [3.8, 4) is 0 Å². The third-order valence-electron chi connectivity index (χ3n) is 4.52. The van der Waals surface area contributed by atoms with Gasteiger partial charge >= 0.3 is 0 Å². The summed E-state index contributed by atoms with van der Waals surface area (Å²) in [7, 11) is 0. The van der Waals surface area contributed by atoms with Gasteiger partial charge in [-0.3, -0.25) is 0 Å². The minimum Gasteiger partial charge on any atom is -0.151 e. The van der Waals surface area contributed by atoms with Crippen molar-refractivity contribution >= 4 is 0 Å². The molecule has 2 nitrogen and oxygen atoms in total. The molecule has 1 aliphatic carbocycles. The molecule has 2 heteroatoms. The van der Waals surface area contributed by atoms with Gasteiger partial charge in [0, 0.05) is 0 Å². The van der Waals surface area contributed by atoms with E-state index in [1.165, 1.54) is 31.3 Å². The standard InChI is InChI=1S/C17H31NO/c1-5-7-16(14(4)12-18-19)11-13(3)17(8-6-2)15-9-10-15/h11,13-15,17H,5-10,12H2,1-4H3/b16-11-. The summed E-state index contributed by atoms with van der Waals surface area (Å²) in [5.41, 5.74) is 1.45. The second kappa shape index (κ2) is 8.50. The molecule has 3 atom stereocenters. The van der Waals surface area contributed by atoms with E-state index in [-0.39, 0.29) is 0 Å². The number of nitroso groups, excluding NO2 is 1. The first-order chi connectivity index (χ1) is 9.13. The van der Waals surface area contributed by atoms with Gasteiger partial charge in [-0.15, -0.1) is 0 Å². The Morgan fingerprint density at radius 2 is 1.95 bits per heavy atom. The van der Waals surface area contributed by atoms with Crippen molar-refractivity contribution in [3.63, 3.8) is 0 Å². The molecular weight excluding hydrogens is 234 g/mol. The fourth-order valence-corrected chi connectivity index (χ4v) is 3.26. The van der Waals surface area contributed by atoms with E-state index in [0.29, 0.717) is 18.4 Å². The van der Waals surface area contributed by atoms with Crippen LogP contribution in [0.2, 0.25) is 0 Å². The highest BCUT2D eigenvalue weighted by Gasteiger charge is 2.33. The Morgan fingerprint density at radius 3 is 2.42 bits per heavy atom. The first-order valence-electron chi connectivity index (χ1n) is 8.13. The van der Waals surface area contributed by atoms with Crippen molar-refractivity contribution in [2.24, 2.45) is 28.8 Å². The van der Waals surface area contributed by atoms with Crippen molar-refractivity contribution in [1.82, 2.24) is 0 Å². The maximum Gasteiger partial charge on any atom is 0.0873 e. The van der Waals surface area contributed by atoms with Gasteiger partial charge in [0.05, 0.1) is 6.54 Å². The Labute approximate surface area is 119 Å². The molecule has 1 fully saturated rings. The molecule has 0 amide bonds. The van der Waals surface area contributed by atoms with Crippen molar-refractivity contribution < 1.29 is 0 Å². The van der Waals surface area contributed by atoms with E-state index in [2.05, 4.69) is 38.9 Å². The highest BCUT2D eigenvalue weighted by Crippen LogP contribution is 2.43. The molecular formula is C17H31NO. The van der Waals surface area contributed by atoms with Gasteiger partial charge in [-0.1, -0.05) is 57.4 Å². The van der Waals surface area contributed by atoms with Crippen molar-refractivity contribution in [2.45, 2.75) is 66.2 Å². The summed E-state index contributed by atoms with van der Waals surface area (Å²) in [6.07, 6.45) is 10.2. The summed E-state index contributed by atoms with van der Waals surface area (Å²) < 4.78 is 0. The van der Waals surface area contributed by atoms with Crippen LogP contribution in [0.4, 0.5) is 0 Å². The van der Waals surface area contributed by atoms with Crippen LogP contribution in [-0.2, 0) is 0 Å². The fraction of sp³-hybridized carbons (Fsp3) is 0.882. The van der Waals surface area contributed by atoms with Gasteiger partial charge in [0.25, 0.3) is 0 Å². The summed E-state index contributed by atoms with van der Waals surface area (Å²) >= 11 is 0. The van der Waals surface area contributed by atoms with E-state index in [9.17, 15) is 4.91 Å². The van der Waals surface area contributed by atoms with Crippen LogP contribution in [-0.4, -0.2) is 6.54 Å². The lowest BCUT2D eigenvalue weighted by Gasteiger charge is -2.23. The van der Waals surface area contributed by atoms with Gasteiger partial charge in [-0.05, 0) is 49.4 Å². The maximum atomic E-state index is 10.5. The molecule has 1 aliphatic rings. The SMILES string of the molecule is CCC/C(=C/C(C)C(CCC)C1CC1)C(C)CN=O. The minimum absolute atomic E-state index is 0.321. The van der Waals surface area contributed by atoms with Crippen molar-refractivity contribution in [3.05, 3.63) is 16.6 Å².